The molecule has 1 aliphatic rings. The number of carbonyl (C=O) groups excluding carboxylic acids is 3. The lowest BCUT2D eigenvalue weighted by atomic mass is 9.98. The van der Waals surface area contributed by atoms with Gasteiger partial charge in [0.15, 0.2) is 12.4 Å². The second-order valence-electron chi connectivity index (χ2n) is 5.60. The van der Waals surface area contributed by atoms with E-state index >= 15 is 0 Å². The van der Waals surface area contributed by atoms with Crippen LogP contribution in [0.3, 0.4) is 0 Å². The lowest BCUT2D eigenvalue weighted by Gasteiger charge is -2.25. The van der Waals surface area contributed by atoms with Crippen LogP contribution in [0.1, 0.15) is 35.1 Å². The number of hydrogen-bond acceptors (Lipinski definition) is 7. The van der Waals surface area contributed by atoms with Crippen LogP contribution in [-0.2, 0) is 33.9 Å². The van der Waals surface area contributed by atoms with E-state index in [1.165, 1.54) is 0 Å². The SMILES string of the molecule is CCCn1nnnc1COC(=O)CN1C(=O)Cc2ccccc2C1=O. The molecule has 2 amide bonds. The van der Waals surface area contributed by atoms with E-state index in [1.807, 2.05) is 6.92 Å². The van der Waals surface area contributed by atoms with Crippen LogP contribution in [0.4, 0.5) is 0 Å². The van der Waals surface area contributed by atoms with Gasteiger partial charge in [0.1, 0.15) is 6.54 Å². The Kier molecular flexibility index (Phi) is 4.82. The predicted molar refractivity (Wildman–Crippen MR) is 84.1 cm³/mol. The number of tetrazole rings is 1. The monoisotopic (exact) mass is 343 g/mol. The lowest BCUT2D eigenvalue weighted by molar-refractivity contribution is -0.149. The number of ether oxygens (including phenoxy) is 1. The molecule has 130 valence electrons. The van der Waals surface area contributed by atoms with Crippen LogP contribution in [0.25, 0.3) is 0 Å². The fourth-order valence-electron chi connectivity index (χ4n) is 2.59. The summed E-state index contributed by atoms with van der Waals surface area (Å²) in [6, 6.07) is 6.86. The molecular formula is C16H17N5O4. The summed E-state index contributed by atoms with van der Waals surface area (Å²) in [5.41, 5.74) is 1.10. The maximum Gasteiger partial charge on any atom is 0.326 e. The summed E-state index contributed by atoms with van der Waals surface area (Å²) in [6.07, 6.45) is 0.923. The van der Waals surface area contributed by atoms with Crippen LogP contribution >= 0.6 is 0 Å². The lowest BCUT2D eigenvalue weighted by Crippen LogP contribution is -2.45. The van der Waals surface area contributed by atoms with Gasteiger partial charge in [0.05, 0.1) is 6.42 Å². The zero-order valence-corrected chi connectivity index (χ0v) is 13.7. The van der Waals surface area contributed by atoms with E-state index in [2.05, 4.69) is 15.5 Å². The zero-order chi connectivity index (χ0) is 17.8. The highest BCUT2D eigenvalue weighted by Gasteiger charge is 2.32. The van der Waals surface area contributed by atoms with Crippen LogP contribution < -0.4 is 0 Å². The number of hydrogen-bond donors (Lipinski definition) is 0. The molecule has 0 radical (unpaired) electrons. The molecule has 0 aliphatic carbocycles. The summed E-state index contributed by atoms with van der Waals surface area (Å²) in [4.78, 5) is 37.5. The number of aryl methyl sites for hydroxylation is 1. The van der Waals surface area contributed by atoms with E-state index in [0.717, 1.165) is 11.3 Å². The zero-order valence-electron chi connectivity index (χ0n) is 13.7. The van der Waals surface area contributed by atoms with Crippen LogP contribution in [0.5, 0.6) is 0 Å². The van der Waals surface area contributed by atoms with Gasteiger partial charge in [-0.15, -0.1) is 5.10 Å². The van der Waals surface area contributed by atoms with Crippen molar-refractivity contribution in [1.29, 1.82) is 0 Å². The van der Waals surface area contributed by atoms with Gasteiger partial charge in [-0.2, -0.15) is 0 Å². The van der Waals surface area contributed by atoms with E-state index in [4.69, 9.17) is 4.74 Å². The summed E-state index contributed by atoms with van der Waals surface area (Å²) in [5, 5.41) is 11.1. The molecule has 0 fully saturated rings. The minimum atomic E-state index is -0.688. The summed E-state index contributed by atoms with van der Waals surface area (Å²) >= 11 is 0. The van der Waals surface area contributed by atoms with E-state index < -0.39 is 24.3 Å². The summed E-state index contributed by atoms with van der Waals surface area (Å²) in [5.74, 6) is -1.18. The fraction of sp³-hybridized carbons (Fsp3) is 0.375. The van der Waals surface area contributed by atoms with Crippen LogP contribution in [0.15, 0.2) is 24.3 Å². The molecule has 2 aromatic rings. The second kappa shape index (κ2) is 7.20. The van der Waals surface area contributed by atoms with E-state index in [9.17, 15) is 14.4 Å². The molecule has 0 atom stereocenters. The van der Waals surface area contributed by atoms with E-state index in [0.29, 0.717) is 23.5 Å². The highest BCUT2D eigenvalue weighted by molar-refractivity contribution is 6.11. The Morgan fingerprint density at radius 2 is 2.08 bits per heavy atom. The van der Waals surface area contributed by atoms with Crippen molar-refractivity contribution in [2.24, 2.45) is 0 Å². The summed E-state index contributed by atoms with van der Waals surface area (Å²) in [7, 11) is 0. The van der Waals surface area contributed by atoms with Gasteiger partial charge in [0.2, 0.25) is 5.91 Å². The average molecular weight is 343 g/mol. The number of amides is 2. The van der Waals surface area contributed by atoms with Gasteiger partial charge in [-0.25, -0.2) is 4.68 Å². The molecule has 0 bridgehead atoms. The van der Waals surface area contributed by atoms with Gasteiger partial charge >= 0.3 is 5.97 Å². The standard InChI is InChI=1S/C16H17N5O4/c1-2-7-21-13(17-18-19-21)10-25-15(23)9-20-14(22)8-11-5-3-4-6-12(11)16(20)24/h3-6H,2,7-10H2,1H3. The maximum absolute atomic E-state index is 12.4. The van der Waals surface area contributed by atoms with Gasteiger partial charge in [-0.3, -0.25) is 19.3 Å². The number of benzene rings is 1. The third-order valence-corrected chi connectivity index (χ3v) is 3.83. The number of esters is 1. The maximum atomic E-state index is 12.4. The number of fused-ring (bicyclic) bond motifs is 1. The Balaban J connectivity index is 1.62. The molecule has 9 heteroatoms. The number of nitrogens with zero attached hydrogens (tertiary/aromatic N) is 5. The molecule has 1 aromatic carbocycles. The van der Waals surface area contributed by atoms with Gasteiger partial charge in [-0.05, 0) is 28.5 Å². The topological polar surface area (TPSA) is 107 Å². The Bertz CT molecular complexity index is 816. The first-order valence-electron chi connectivity index (χ1n) is 7.93. The molecule has 25 heavy (non-hydrogen) atoms. The Labute approximate surface area is 143 Å². The first kappa shape index (κ1) is 16.7. The first-order valence-corrected chi connectivity index (χ1v) is 7.93. The number of carbonyl (C=O) groups is 3. The molecule has 1 aliphatic heterocycles. The Hall–Kier alpha value is -3.10. The van der Waals surface area contributed by atoms with Crippen molar-refractivity contribution in [2.75, 3.05) is 6.54 Å². The third kappa shape index (κ3) is 3.54. The third-order valence-electron chi connectivity index (χ3n) is 3.83. The number of aromatic nitrogens is 4. The Morgan fingerprint density at radius 3 is 2.88 bits per heavy atom. The summed E-state index contributed by atoms with van der Waals surface area (Å²) in [6.45, 7) is 2.04. The van der Waals surface area contributed by atoms with Gasteiger partial charge < -0.3 is 4.74 Å². The molecule has 1 aromatic heterocycles. The van der Waals surface area contributed by atoms with Crippen molar-refractivity contribution >= 4 is 17.8 Å². The molecule has 0 saturated heterocycles. The largest absolute Gasteiger partial charge is 0.456 e. The minimum Gasteiger partial charge on any atom is -0.456 e. The quantitative estimate of drug-likeness (QED) is 0.550. The van der Waals surface area contributed by atoms with Crippen LogP contribution in [0.2, 0.25) is 0 Å². The van der Waals surface area contributed by atoms with E-state index in [-0.39, 0.29) is 13.0 Å². The molecule has 0 spiro atoms. The van der Waals surface area contributed by atoms with E-state index in [1.54, 1.807) is 28.9 Å². The van der Waals surface area contributed by atoms with Gasteiger partial charge in [0.25, 0.3) is 5.91 Å². The fourth-order valence-corrected chi connectivity index (χ4v) is 2.59. The first-order chi connectivity index (χ1) is 12.1. The molecule has 9 nitrogen and oxygen atoms in total. The average Bonchev–Trinajstić information content (AvgIpc) is 3.04. The predicted octanol–water partition coefficient (Wildman–Crippen LogP) is 0.351. The van der Waals surface area contributed by atoms with Gasteiger partial charge in [0, 0.05) is 12.1 Å². The molecule has 2 heterocycles. The van der Waals surface area contributed by atoms with Gasteiger partial charge in [-0.1, -0.05) is 25.1 Å². The highest BCUT2D eigenvalue weighted by Crippen LogP contribution is 2.19. The molecule has 0 unspecified atom stereocenters. The molecule has 0 N–H and O–H groups in total. The van der Waals surface area contributed by atoms with Crippen LogP contribution in [-0.4, -0.2) is 49.4 Å². The van der Waals surface area contributed by atoms with Crippen LogP contribution in [0, 0.1) is 0 Å². The molecule has 0 saturated carbocycles. The highest BCUT2D eigenvalue weighted by atomic mass is 16.5. The molecule has 3 rings (SSSR count). The van der Waals surface area contributed by atoms with Crippen molar-refractivity contribution in [2.45, 2.75) is 32.9 Å². The second-order valence-corrected chi connectivity index (χ2v) is 5.60. The molecular weight excluding hydrogens is 326 g/mol. The Morgan fingerprint density at radius 1 is 1.28 bits per heavy atom. The van der Waals surface area contributed by atoms with Crippen molar-refractivity contribution < 1.29 is 19.1 Å². The van der Waals surface area contributed by atoms with Crippen molar-refractivity contribution in [1.82, 2.24) is 25.1 Å². The van der Waals surface area contributed by atoms with Crippen molar-refractivity contribution in [3.8, 4) is 0 Å². The van der Waals surface area contributed by atoms with Crippen molar-refractivity contribution in [3.63, 3.8) is 0 Å². The normalized spacial score (nSPS) is 13.7. The summed E-state index contributed by atoms with van der Waals surface area (Å²) < 4.78 is 6.65. The number of rotatable bonds is 6. The smallest absolute Gasteiger partial charge is 0.326 e. The minimum absolute atomic E-state index is 0.0872. The van der Waals surface area contributed by atoms with Crippen molar-refractivity contribution in [3.05, 3.63) is 41.2 Å². The number of imide groups is 1.